The van der Waals surface area contributed by atoms with Crippen LogP contribution in [0.3, 0.4) is 0 Å². The summed E-state index contributed by atoms with van der Waals surface area (Å²) < 4.78 is 0. The molecule has 0 aliphatic carbocycles. The molecule has 2 aromatic rings. The maximum atomic E-state index is 12.3. The summed E-state index contributed by atoms with van der Waals surface area (Å²) in [6, 6.07) is 12.6. The second-order valence-electron chi connectivity index (χ2n) is 5.32. The number of nitrogens with zero attached hydrogens (tertiary/aromatic N) is 1. The molecule has 7 heteroatoms. The lowest BCUT2D eigenvalue weighted by Gasteiger charge is -2.13. The minimum atomic E-state index is -0.481. The standard InChI is InChI=1S/C17H17N3O4/c1-11(13-3-9-16(10-4-13)20(23)24)17(22)19-15-7-5-14(6-8-15)18-12(2)21/h3-11H,1-2H3,(H,18,21)(H,19,22). The van der Waals surface area contributed by atoms with E-state index in [2.05, 4.69) is 10.6 Å². The minimum Gasteiger partial charge on any atom is -0.326 e. The molecular weight excluding hydrogens is 310 g/mol. The molecule has 0 spiro atoms. The zero-order valence-electron chi connectivity index (χ0n) is 13.3. The van der Waals surface area contributed by atoms with Crippen LogP contribution in [-0.2, 0) is 9.59 Å². The number of nitrogens with one attached hydrogen (secondary N) is 2. The molecule has 124 valence electrons. The Hall–Kier alpha value is -3.22. The van der Waals surface area contributed by atoms with E-state index in [1.54, 1.807) is 43.3 Å². The molecule has 2 N–H and O–H groups in total. The fraction of sp³-hybridized carbons (Fsp3) is 0.176. The van der Waals surface area contributed by atoms with Gasteiger partial charge in [-0.05, 0) is 36.8 Å². The van der Waals surface area contributed by atoms with Crippen molar-refractivity contribution in [2.75, 3.05) is 10.6 Å². The molecule has 1 unspecified atom stereocenters. The Morgan fingerprint density at radius 2 is 1.46 bits per heavy atom. The van der Waals surface area contributed by atoms with Crippen LogP contribution in [0.4, 0.5) is 17.1 Å². The maximum Gasteiger partial charge on any atom is 0.269 e. The van der Waals surface area contributed by atoms with Crippen LogP contribution in [0.5, 0.6) is 0 Å². The molecule has 2 amide bonds. The normalized spacial score (nSPS) is 11.4. The van der Waals surface area contributed by atoms with E-state index < -0.39 is 10.8 Å². The fourth-order valence-corrected chi connectivity index (χ4v) is 2.13. The highest BCUT2D eigenvalue weighted by Crippen LogP contribution is 2.21. The van der Waals surface area contributed by atoms with E-state index in [0.717, 1.165) is 0 Å². The van der Waals surface area contributed by atoms with Gasteiger partial charge >= 0.3 is 0 Å². The van der Waals surface area contributed by atoms with Crippen molar-refractivity contribution in [3.05, 3.63) is 64.2 Å². The average Bonchev–Trinajstić information content (AvgIpc) is 2.55. The maximum absolute atomic E-state index is 12.3. The van der Waals surface area contributed by atoms with Crippen molar-refractivity contribution in [2.24, 2.45) is 0 Å². The van der Waals surface area contributed by atoms with Gasteiger partial charge in [0.2, 0.25) is 11.8 Å². The molecule has 0 saturated carbocycles. The van der Waals surface area contributed by atoms with Crippen LogP contribution in [0.25, 0.3) is 0 Å². The minimum absolute atomic E-state index is 0.0140. The van der Waals surface area contributed by atoms with Gasteiger partial charge in [0.25, 0.3) is 5.69 Å². The number of carbonyl (C=O) groups is 2. The number of rotatable bonds is 5. The summed E-state index contributed by atoms with van der Waals surface area (Å²) in [5.41, 5.74) is 1.92. The summed E-state index contributed by atoms with van der Waals surface area (Å²) in [7, 11) is 0. The van der Waals surface area contributed by atoms with Crippen LogP contribution >= 0.6 is 0 Å². The zero-order chi connectivity index (χ0) is 17.7. The van der Waals surface area contributed by atoms with Crippen molar-refractivity contribution >= 4 is 28.9 Å². The predicted octanol–water partition coefficient (Wildman–Crippen LogP) is 3.30. The average molecular weight is 327 g/mol. The van der Waals surface area contributed by atoms with E-state index >= 15 is 0 Å². The number of benzene rings is 2. The van der Waals surface area contributed by atoms with Crippen LogP contribution in [0, 0.1) is 10.1 Å². The van der Waals surface area contributed by atoms with Gasteiger partial charge in [-0.2, -0.15) is 0 Å². The molecule has 2 aromatic carbocycles. The Morgan fingerprint density at radius 3 is 1.92 bits per heavy atom. The molecule has 0 aliphatic rings. The van der Waals surface area contributed by atoms with Crippen LogP contribution in [0.15, 0.2) is 48.5 Å². The monoisotopic (exact) mass is 327 g/mol. The van der Waals surface area contributed by atoms with Crippen molar-refractivity contribution in [3.63, 3.8) is 0 Å². The van der Waals surface area contributed by atoms with E-state index in [9.17, 15) is 19.7 Å². The van der Waals surface area contributed by atoms with Gasteiger partial charge in [0, 0.05) is 30.4 Å². The van der Waals surface area contributed by atoms with Crippen molar-refractivity contribution in [3.8, 4) is 0 Å². The Bertz CT molecular complexity index is 754. The predicted molar refractivity (Wildman–Crippen MR) is 90.9 cm³/mol. The van der Waals surface area contributed by atoms with Gasteiger partial charge in [-0.15, -0.1) is 0 Å². The molecular formula is C17H17N3O4. The largest absolute Gasteiger partial charge is 0.326 e. The molecule has 0 radical (unpaired) electrons. The third-order valence-electron chi connectivity index (χ3n) is 3.47. The number of hydrogen-bond acceptors (Lipinski definition) is 4. The zero-order valence-corrected chi connectivity index (χ0v) is 13.3. The first-order valence-electron chi connectivity index (χ1n) is 7.29. The Kier molecular flexibility index (Phi) is 5.26. The third kappa shape index (κ3) is 4.39. The molecule has 0 saturated heterocycles. The Balaban J connectivity index is 2.03. The first kappa shape index (κ1) is 17.1. The molecule has 1 atom stereocenters. The number of nitro benzene ring substituents is 1. The van der Waals surface area contributed by atoms with Crippen molar-refractivity contribution in [1.29, 1.82) is 0 Å². The lowest BCUT2D eigenvalue weighted by atomic mass is 10.00. The van der Waals surface area contributed by atoms with E-state index in [0.29, 0.717) is 16.9 Å². The lowest BCUT2D eigenvalue weighted by molar-refractivity contribution is -0.384. The molecule has 0 bridgehead atoms. The van der Waals surface area contributed by atoms with Gasteiger partial charge < -0.3 is 10.6 Å². The van der Waals surface area contributed by atoms with Crippen LogP contribution < -0.4 is 10.6 Å². The van der Waals surface area contributed by atoms with Crippen molar-refractivity contribution in [1.82, 2.24) is 0 Å². The van der Waals surface area contributed by atoms with Gasteiger partial charge in [0.05, 0.1) is 10.8 Å². The van der Waals surface area contributed by atoms with Gasteiger partial charge in [0.1, 0.15) is 0 Å². The highest BCUT2D eigenvalue weighted by Gasteiger charge is 2.16. The molecule has 0 aliphatic heterocycles. The smallest absolute Gasteiger partial charge is 0.269 e. The summed E-state index contributed by atoms with van der Waals surface area (Å²) in [6.07, 6.45) is 0. The van der Waals surface area contributed by atoms with E-state index in [4.69, 9.17) is 0 Å². The number of non-ortho nitro benzene ring substituents is 1. The van der Waals surface area contributed by atoms with Gasteiger partial charge in [-0.3, -0.25) is 19.7 Å². The van der Waals surface area contributed by atoms with Crippen LogP contribution in [-0.4, -0.2) is 16.7 Å². The van der Waals surface area contributed by atoms with Gasteiger partial charge in [0.15, 0.2) is 0 Å². The fourth-order valence-electron chi connectivity index (χ4n) is 2.13. The third-order valence-corrected chi connectivity index (χ3v) is 3.47. The first-order valence-corrected chi connectivity index (χ1v) is 7.29. The molecule has 7 nitrogen and oxygen atoms in total. The number of carbonyl (C=O) groups excluding carboxylic acids is 2. The molecule has 0 heterocycles. The van der Waals surface area contributed by atoms with Crippen molar-refractivity contribution < 1.29 is 14.5 Å². The molecule has 2 rings (SSSR count). The quantitative estimate of drug-likeness (QED) is 0.650. The van der Waals surface area contributed by atoms with Crippen LogP contribution in [0.1, 0.15) is 25.3 Å². The summed E-state index contributed by atoms with van der Waals surface area (Å²) in [4.78, 5) is 33.4. The number of hydrogen-bond donors (Lipinski definition) is 2. The summed E-state index contributed by atoms with van der Waals surface area (Å²) in [5.74, 6) is -0.851. The Morgan fingerprint density at radius 1 is 0.958 bits per heavy atom. The lowest BCUT2D eigenvalue weighted by Crippen LogP contribution is -2.18. The first-order chi connectivity index (χ1) is 11.4. The summed E-state index contributed by atoms with van der Waals surface area (Å²) in [6.45, 7) is 3.14. The van der Waals surface area contributed by atoms with Gasteiger partial charge in [-0.25, -0.2) is 0 Å². The van der Waals surface area contributed by atoms with Crippen LogP contribution in [0.2, 0.25) is 0 Å². The van der Waals surface area contributed by atoms with E-state index in [-0.39, 0.29) is 17.5 Å². The SMILES string of the molecule is CC(=O)Nc1ccc(NC(=O)C(C)c2ccc([N+](=O)[O-])cc2)cc1. The van der Waals surface area contributed by atoms with Crippen molar-refractivity contribution in [2.45, 2.75) is 19.8 Å². The van der Waals surface area contributed by atoms with Gasteiger partial charge in [-0.1, -0.05) is 12.1 Å². The second kappa shape index (κ2) is 7.36. The summed E-state index contributed by atoms with van der Waals surface area (Å²) >= 11 is 0. The highest BCUT2D eigenvalue weighted by molar-refractivity contribution is 5.96. The van der Waals surface area contributed by atoms with E-state index in [1.807, 2.05) is 0 Å². The topological polar surface area (TPSA) is 101 Å². The second-order valence-corrected chi connectivity index (χ2v) is 5.32. The number of nitro groups is 1. The summed E-state index contributed by atoms with van der Waals surface area (Å²) in [5, 5.41) is 16.1. The molecule has 24 heavy (non-hydrogen) atoms. The molecule has 0 fully saturated rings. The Labute approximate surface area is 138 Å². The number of amides is 2. The molecule has 0 aromatic heterocycles. The number of anilines is 2. The highest BCUT2D eigenvalue weighted by atomic mass is 16.6. The van der Waals surface area contributed by atoms with E-state index in [1.165, 1.54) is 19.1 Å².